The van der Waals surface area contributed by atoms with Crippen LogP contribution in [-0.2, 0) is 9.59 Å². The zero-order chi connectivity index (χ0) is 20.3. The SMILES string of the molecule is CCN(CC)C(=O)C1CCC2C3CCC4N(C)C(=O)CC[C@]4(C)C3CC[C@]12C. The summed E-state index contributed by atoms with van der Waals surface area (Å²) in [5.41, 5.74) is 0.453. The Labute approximate surface area is 171 Å². The van der Waals surface area contributed by atoms with E-state index in [1.54, 1.807) is 0 Å². The van der Waals surface area contributed by atoms with Crippen LogP contribution in [0.4, 0.5) is 0 Å². The van der Waals surface area contributed by atoms with Crippen LogP contribution in [0.5, 0.6) is 0 Å². The van der Waals surface area contributed by atoms with E-state index in [0.717, 1.165) is 50.6 Å². The van der Waals surface area contributed by atoms with Crippen molar-refractivity contribution in [2.75, 3.05) is 20.1 Å². The lowest BCUT2D eigenvalue weighted by atomic mass is 9.47. The summed E-state index contributed by atoms with van der Waals surface area (Å²) in [5, 5.41) is 0. The molecule has 0 aromatic rings. The van der Waals surface area contributed by atoms with Gasteiger partial charge in [-0.05, 0) is 87.4 Å². The van der Waals surface area contributed by atoms with E-state index in [1.165, 1.54) is 25.7 Å². The molecular formula is C24H40N2O2. The van der Waals surface area contributed by atoms with Gasteiger partial charge in [-0.15, -0.1) is 0 Å². The first kappa shape index (κ1) is 20.2. The van der Waals surface area contributed by atoms with Gasteiger partial charge in [-0.1, -0.05) is 13.8 Å². The van der Waals surface area contributed by atoms with E-state index in [0.29, 0.717) is 23.8 Å². The van der Waals surface area contributed by atoms with E-state index >= 15 is 0 Å². The molecule has 28 heavy (non-hydrogen) atoms. The van der Waals surface area contributed by atoms with Crippen molar-refractivity contribution in [3.05, 3.63) is 0 Å². The van der Waals surface area contributed by atoms with E-state index < -0.39 is 0 Å². The standard InChI is InChI=1S/C24H40N2O2/c1-6-26(7-2)22(28)19-10-9-17-16-8-11-20-24(4,15-13-21(27)25(20)5)18(16)12-14-23(17,19)3/h16-20H,6-15H2,1-5H3/t16?,17?,18?,19?,20?,23-,24+/m0/s1. The minimum Gasteiger partial charge on any atom is -0.343 e. The predicted molar refractivity (Wildman–Crippen MR) is 112 cm³/mol. The molecule has 0 aromatic heterocycles. The van der Waals surface area contributed by atoms with Gasteiger partial charge in [0.05, 0.1) is 0 Å². The first-order valence-electron chi connectivity index (χ1n) is 11.8. The average Bonchev–Trinajstić information content (AvgIpc) is 3.03. The van der Waals surface area contributed by atoms with Crippen LogP contribution in [0.1, 0.15) is 79.1 Å². The number of hydrogen-bond acceptors (Lipinski definition) is 2. The van der Waals surface area contributed by atoms with E-state index in [9.17, 15) is 9.59 Å². The molecule has 4 aliphatic rings. The number of fused-ring (bicyclic) bond motifs is 5. The zero-order valence-corrected chi connectivity index (χ0v) is 18.7. The molecule has 4 heteroatoms. The maximum atomic E-state index is 13.3. The summed E-state index contributed by atoms with van der Waals surface area (Å²) in [6.07, 6.45) is 8.93. The number of carbonyl (C=O) groups is 2. The van der Waals surface area contributed by atoms with Gasteiger partial charge < -0.3 is 9.80 Å². The highest BCUT2D eigenvalue weighted by Gasteiger charge is 2.62. The monoisotopic (exact) mass is 388 g/mol. The van der Waals surface area contributed by atoms with Crippen LogP contribution in [-0.4, -0.2) is 47.8 Å². The Kier molecular flexibility index (Phi) is 5.07. The molecule has 1 aliphatic heterocycles. The highest BCUT2D eigenvalue weighted by Crippen LogP contribution is 2.66. The first-order chi connectivity index (χ1) is 13.3. The third-order valence-electron chi connectivity index (χ3n) is 9.93. The molecule has 7 atom stereocenters. The Morgan fingerprint density at radius 2 is 1.68 bits per heavy atom. The smallest absolute Gasteiger partial charge is 0.226 e. The summed E-state index contributed by atoms with van der Waals surface area (Å²) in [7, 11) is 2.03. The fraction of sp³-hybridized carbons (Fsp3) is 0.917. The number of likely N-dealkylation sites (tertiary alicyclic amines) is 1. The Balaban J connectivity index is 1.58. The average molecular weight is 389 g/mol. The summed E-state index contributed by atoms with van der Waals surface area (Å²) in [5.74, 6) is 3.14. The van der Waals surface area contributed by atoms with Crippen LogP contribution in [0.3, 0.4) is 0 Å². The molecule has 4 rings (SSSR count). The van der Waals surface area contributed by atoms with Crippen LogP contribution >= 0.6 is 0 Å². The van der Waals surface area contributed by atoms with Crippen LogP contribution in [0.15, 0.2) is 0 Å². The summed E-state index contributed by atoms with van der Waals surface area (Å²) in [4.78, 5) is 29.7. The van der Waals surface area contributed by atoms with Crippen molar-refractivity contribution < 1.29 is 9.59 Å². The maximum Gasteiger partial charge on any atom is 0.226 e. The van der Waals surface area contributed by atoms with Crippen molar-refractivity contribution in [2.45, 2.75) is 85.1 Å². The van der Waals surface area contributed by atoms with Crippen LogP contribution in [0.25, 0.3) is 0 Å². The van der Waals surface area contributed by atoms with E-state index in [1.807, 2.05) is 7.05 Å². The Morgan fingerprint density at radius 1 is 1.00 bits per heavy atom. The summed E-state index contributed by atoms with van der Waals surface area (Å²) < 4.78 is 0. The summed E-state index contributed by atoms with van der Waals surface area (Å²) >= 11 is 0. The number of nitrogens with zero attached hydrogens (tertiary/aromatic N) is 2. The largest absolute Gasteiger partial charge is 0.343 e. The molecule has 4 fully saturated rings. The van der Waals surface area contributed by atoms with E-state index in [-0.39, 0.29) is 16.7 Å². The minimum absolute atomic E-state index is 0.181. The molecule has 0 radical (unpaired) electrons. The number of hydrogen-bond donors (Lipinski definition) is 0. The number of piperidine rings is 1. The number of rotatable bonds is 3. The Morgan fingerprint density at radius 3 is 2.36 bits per heavy atom. The topological polar surface area (TPSA) is 40.6 Å². The fourth-order valence-corrected chi connectivity index (χ4v) is 8.31. The van der Waals surface area contributed by atoms with Gasteiger partial charge in [-0.3, -0.25) is 9.59 Å². The van der Waals surface area contributed by atoms with E-state index in [2.05, 4.69) is 37.5 Å². The molecule has 1 saturated heterocycles. The van der Waals surface area contributed by atoms with E-state index in [4.69, 9.17) is 0 Å². The van der Waals surface area contributed by atoms with Crippen molar-refractivity contribution in [3.63, 3.8) is 0 Å². The van der Waals surface area contributed by atoms with Gasteiger partial charge in [0, 0.05) is 38.5 Å². The van der Waals surface area contributed by atoms with Gasteiger partial charge in [-0.2, -0.15) is 0 Å². The van der Waals surface area contributed by atoms with Crippen LogP contribution in [0, 0.1) is 34.5 Å². The van der Waals surface area contributed by atoms with Gasteiger partial charge in [-0.25, -0.2) is 0 Å². The molecule has 3 aliphatic carbocycles. The lowest BCUT2D eigenvalue weighted by Crippen LogP contribution is -2.61. The summed E-state index contributed by atoms with van der Waals surface area (Å²) in [6.45, 7) is 10.8. The maximum absolute atomic E-state index is 13.3. The van der Waals surface area contributed by atoms with Crippen molar-refractivity contribution in [2.24, 2.45) is 34.5 Å². The normalized spacial score (nSPS) is 45.2. The van der Waals surface area contributed by atoms with Crippen molar-refractivity contribution in [3.8, 4) is 0 Å². The molecule has 3 saturated carbocycles. The molecule has 158 valence electrons. The Bertz CT molecular complexity index is 645. The lowest BCUT2D eigenvalue weighted by molar-refractivity contribution is -0.161. The van der Waals surface area contributed by atoms with Gasteiger partial charge in [0.2, 0.25) is 11.8 Å². The first-order valence-corrected chi connectivity index (χ1v) is 11.8. The summed E-state index contributed by atoms with van der Waals surface area (Å²) in [6, 6.07) is 0.425. The highest BCUT2D eigenvalue weighted by molar-refractivity contribution is 5.80. The quantitative estimate of drug-likeness (QED) is 0.722. The van der Waals surface area contributed by atoms with Gasteiger partial charge in [0.1, 0.15) is 0 Å². The molecule has 0 aromatic carbocycles. The molecular weight excluding hydrogens is 348 g/mol. The second kappa shape index (κ2) is 7.02. The Hall–Kier alpha value is -1.06. The number of carbonyl (C=O) groups excluding carboxylic acids is 2. The van der Waals surface area contributed by atoms with Gasteiger partial charge in [0.15, 0.2) is 0 Å². The third kappa shape index (κ3) is 2.69. The van der Waals surface area contributed by atoms with Gasteiger partial charge in [0.25, 0.3) is 0 Å². The predicted octanol–water partition coefficient (Wildman–Crippen LogP) is 4.33. The van der Waals surface area contributed by atoms with Gasteiger partial charge >= 0.3 is 0 Å². The molecule has 4 nitrogen and oxygen atoms in total. The molecule has 2 amide bonds. The van der Waals surface area contributed by atoms with Crippen LogP contribution < -0.4 is 0 Å². The molecule has 0 N–H and O–H groups in total. The van der Waals surface area contributed by atoms with Crippen molar-refractivity contribution >= 4 is 11.8 Å². The minimum atomic E-state index is 0.181. The molecule has 1 heterocycles. The van der Waals surface area contributed by atoms with Crippen molar-refractivity contribution in [1.29, 1.82) is 0 Å². The second-order valence-electron chi connectivity index (χ2n) is 10.7. The molecule has 0 spiro atoms. The zero-order valence-electron chi connectivity index (χ0n) is 18.7. The van der Waals surface area contributed by atoms with Crippen LogP contribution in [0.2, 0.25) is 0 Å². The molecule has 0 bridgehead atoms. The molecule has 5 unspecified atom stereocenters. The highest BCUT2D eigenvalue weighted by atomic mass is 16.2. The second-order valence-corrected chi connectivity index (χ2v) is 10.7. The third-order valence-corrected chi connectivity index (χ3v) is 9.93. The van der Waals surface area contributed by atoms with Crippen molar-refractivity contribution in [1.82, 2.24) is 9.80 Å². The fourth-order valence-electron chi connectivity index (χ4n) is 8.31. The number of amides is 2. The lowest BCUT2D eigenvalue weighted by Gasteiger charge is -2.61.